The van der Waals surface area contributed by atoms with E-state index >= 15 is 0 Å². The van der Waals surface area contributed by atoms with Crippen LogP contribution < -0.4 is 5.73 Å². The molecule has 4 nitrogen and oxygen atoms in total. The molecule has 0 saturated heterocycles. The Balaban J connectivity index is 2.28. The standard InChI is InChI=1S/C11H8ClFN4/c12-9-6-17(16-11(9)15)5-8-2-1-7(4-14)3-10(8)13/h1-3,6H,5H2,(H2,15,16). The number of rotatable bonds is 2. The Morgan fingerprint density at radius 2 is 2.29 bits per heavy atom. The van der Waals surface area contributed by atoms with Gasteiger partial charge in [0.2, 0.25) is 0 Å². The van der Waals surface area contributed by atoms with E-state index in [1.807, 2.05) is 6.07 Å². The highest BCUT2D eigenvalue weighted by Crippen LogP contribution is 2.17. The van der Waals surface area contributed by atoms with Crippen LogP contribution in [0.4, 0.5) is 10.2 Å². The quantitative estimate of drug-likeness (QED) is 0.888. The van der Waals surface area contributed by atoms with E-state index in [0.29, 0.717) is 10.6 Å². The molecule has 0 saturated carbocycles. The van der Waals surface area contributed by atoms with Gasteiger partial charge in [0.25, 0.3) is 0 Å². The molecule has 0 unspecified atom stereocenters. The highest BCUT2D eigenvalue weighted by atomic mass is 35.5. The molecule has 1 aromatic heterocycles. The molecule has 2 aromatic rings. The summed E-state index contributed by atoms with van der Waals surface area (Å²) >= 11 is 5.74. The molecule has 0 amide bonds. The fourth-order valence-electron chi connectivity index (χ4n) is 1.41. The Morgan fingerprint density at radius 3 is 2.82 bits per heavy atom. The molecule has 0 aliphatic carbocycles. The number of benzene rings is 1. The minimum absolute atomic E-state index is 0.209. The van der Waals surface area contributed by atoms with E-state index < -0.39 is 5.82 Å². The topological polar surface area (TPSA) is 67.6 Å². The number of halogens is 2. The molecule has 0 bridgehead atoms. The molecule has 0 aliphatic rings. The van der Waals surface area contributed by atoms with Crippen molar-refractivity contribution in [2.75, 3.05) is 5.73 Å². The van der Waals surface area contributed by atoms with Crippen molar-refractivity contribution in [1.82, 2.24) is 9.78 Å². The number of nitrogen functional groups attached to an aromatic ring is 1. The first-order chi connectivity index (χ1) is 8.10. The first kappa shape index (κ1) is 11.4. The zero-order chi connectivity index (χ0) is 12.4. The first-order valence-electron chi connectivity index (χ1n) is 4.77. The molecule has 86 valence electrons. The van der Waals surface area contributed by atoms with Gasteiger partial charge in [0.1, 0.15) is 10.8 Å². The highest BCUT2D eigenvalue weighted by molar-refractivity contribution is 6.32. The Morgan fingerprint density at radius 1 is 1.53 bits per heavy atom. The molecule has 2 rings (SSSR count). The third kappa shape index (κ3) is 2.37. The van der Waals surface area contributed by atoms with Crippen molar-refractivity contribution in [3.8, 4) is 6.07 Å². The molecule has 0 fully saturated rings. The van der Waals surface area contributed by atoms with E-state index in [1.54, 1.807) is 12.1 Å². The van der Waals surface area contributed by atoms with Gasteiger partial charge in [0.05, 0.1) is 18.2 Å². The number of hydrogen-bond acceptors (Lipinski definition) is 3. The lowest BCUT2D eigenvalue weighted by molar-refractivity contribution is 0.585. The summed E-state index contributed by atoms with van der Waals surface area (Å²) in [5, 5.41) is 12.9. The van der Waals surface area contributed by atoms with Crippen molar-refractivity contribution in [3.05, 3.63) is 46.4 Å². The van der Waals surface area contributed by atoms with Crippen LogP contribution in [0.25, 0.3) is 0 Å². The fraction of sp³-hybridized carbons (Fsp3) is 0.0909. The maximum Gasteiger partial charge on any atom is 0.164 e. The van der Waals surface area contributed by atoms with Crippen molar-refractivity contribution < 1.29 is 4.39 Å². The average Bonchev–Trinajstić information content (AvgIpc) is 2.61. The van der Waals surface area contributed by atoms with Gasteiger partial charge < -0.3 is 5.73 Å². The van der Waals surface area contributed by atoms with E-state index in [2.05, 4.69) is 5.10 Å². The Hall–Kier alpha value is -2.06. The van der Waals surface area contributed by atoms with Gasteiger partial charge in [0, 0.05) is 11.8 Å². The van der Waals surface area contributed by atoms with Crippen LogP contribution in [-0.4, -0.2) is 9.78 Å². The molecule has 1 aromatic carbocycles. The number of nitrogens with two attached hydrogens (primary N) is 1. The van der Waals surface area contributed by atoms with Gasteiger partial charge in [-0.2, -0.15) is 10.4 Å². The zero-order valence-corrected chi connectivity index (χ0v) is 9.45. The largest absolute Gasteiger partial charge is 0.381 e. The second-order valence-electron chi connectivity index (χ2n) is 3.48. The number of anilines is 1. The smallest absolute Gasteiger partial charge is 0.164 e. The third-order valence-corrected chi connectivity index (χ3v) is 2.55. The van der Waals surface area contributed by atoms with Crippen LogP contribution in [0.5, 0.6) is 0 Å². The maximum absolute atomic E-state index is 13.6. The normalized spacial score (nSPS) is 10.2. The Bertz CT molecular complexity index is 581. The molecular weight excluding hydrogens is 243 g/mol. The Kier molecular flexibility index (Phi) is 2.98. The van der Waals surface area contributed by atoms with Gasteiger partial charge in [-0.15, -0.1) is 0 Å². The van der Waals surface area contributed by atoms with Crippen LogP contribution in [0, 0.1) is 17.1 Å². The number of hydrogen-bond donors (Lipinski definition) is 1. The van der Waals surface area contributed by atoms with Crippen molar-refractivity contribution in [2.24, 2.45) is 0 Å². The molecule has 0 spiro atoms. The third-order valence-electron chi connectivity index (χ3n) is 2.26. The minimum Gasteiger partial charge on any atom is -0.381 e. The first-order valence-corrected chi connectivity index (χ1v) is 5.15. The highest BCUT2D eigenvalue weighted by Gasteiger charge is 2.07. The van der Waals surface area contributed by atoms with E-state index in [0.717, 1.165) is 0 Å². The predicted molar refractivity (Wildman–Crippen MR) is 61.9 cm³/mol. The second kappa shape index (κ2) is 4.44. The molecular formula is C11H8ClFN4. The summed E-state index contributed by atoms with van der Waals surface area (Å²) in [4.78, 5) is 0. The number of nitriles is 1. The molecule has 1 heterocycles. The molecule has 0 atom stereocenters. The zero-order valence-electron chi connectivity index (χ0n) is 8.69. The number of nitrogens with zero attached hydrogens (tertiary/aromatic N) is 3. The van der Waals surface area contributed by atoms with Crippen LogP contribution in [-0.2, 0) is 6.54 Å². The monoisotopic (exact) mass is 250 g/mol. The average molecular weight is 251 g/mol. The van der Waals surface area contributed by atoms with E-state index in [4.69, 9.17) is 22.6 Å². The summed E-state index contributed by atoms with van der Waals surface area (Å²) in [7, 11) is 0. The van der Waals surface area contributed by atoms with Crippen LogP contribution in [0.2, 0.25) is 5.02 Å². The van der Waals surface area contributed by atoms with Gasteiger partial charge in [-0.3, -0.25) is 4.68 Å². The van der Waals surface area contributed by atoms with Gasteiger partial charge in [-0.1, -0.05) is 17.7 Å². The van der Waals surface area contributed by atoms with Gasteiger partial charge in [-0.25, -0.2) is 4.39 Å². The van der Waals surface area contributed by atoms with Crippen LogP contribution >= 0.6 is 11.6 Å². The lowest BCUT2D eigenvalue weighted by atomic mass is 10.1. The van der Waals surface area contributed by atoms with Gasteiger partial charge in [0.15, 0.2) is 5.82 Å². The SMILES string of the molecule is N#Cc1ccc(Cn2cc(Cl)c(N)n2)c(F)c1. The molecule has 0 aliphatic heterocycles. The summed E-state index contributed by atoms with van der Waals surface area (Å²) in [5.74, 6) is -0.241. The van der Waals surface area contributed by atoms with Gasteiger partial charge >= 0.3 is 0 Å². The number of aromatic nitrogens is 2. The van der Waals surface area contributed by atoms with E-state index in [9.17, 15) is 4.39 Å². The van der Waals surface area contributed by atoms with Crippen LogP contribution in [0.3, 0.4) is 0 Å². The summed E-state index contributed by atoms with van der Waals surface area (Å²) in [6.45, 7) is 0.217. The molecule has 6 heteroatoms. The fourth-order valence-corrected chi connectivity index (χ4v) is 1.56. The van der Waals surface area contributed by atoms with Crippen molar-refractivity contribution in [3.63, 3.8) is 0 Å². The van der Waals surface area contributed by atoms with Crippen molar-refractivity contribution >= 4 is 17.4 Å². The lowest BCUT2D eigenvalue weighted by Crippen LogP contribution is -2.03. The van der Waals surface area contributed by atoms with Crippen LogP contribution in [0.1, 0.15) is 11.1 Å². The molecule has 2 N–H and O–H groups in total. The predicted octanol–water partition coefficient (Wildman–Crippen LogP) is 2.18. The second-order valence-corrected chi connectivity index (χ2v) is 3.89. The summed E-state index contributed by atoms with van der Waals surface area (Å²) in [6.07, 6.45) is 1.52. The lowest BCUT2D eigenvalue weighted by Gasteiger charge is -2.03. The molecule has 17 heavy (non-hydrogen) atoms. The Labute approximate surface area is 102 Å². The van der Waals surface area contributed by atoms with E-state index in [-0.39, 0.29) is 17.9 Å². The molecule has 0 radical (unpaired) electrons. The summed E-state index contributed by atoms with van der Waals surface area (Å²) < 4.78 is 15.0. The summed E-state index contributed by atoms with van der Waals surface area (Å²) in [5.41, 5.74) is 6.18. The van der Waals surface area contributed by atoms with Gasteiger partial charge in [-0.05, 0) is 12.1 Å². The summed E-state index contributed by atoms with van der Waals surface area (Å²) in [6, 6.07) is 6.14. The van der Waals surface area contributed by atoms with Crippen molar-refractivity contribution in [2.45, 2.75) is 6.54 Å². The minimum atomic E-state index is -0.450. The van der Waals surface area contributed by atoms with E-state index in [1.165, 1.54) is 16.9 Å². The maximum atomic E-state index is 13.6. The van der Waals surface area contributed by atoms with Crippen molar-refractivity contribution in [1.29, 1.82) is 5.26 Å². The van der Waals surface area contributed by atoms with Crippen LogP contribution in [0.15, 0.2) is 24.4 Å².